The van der Waals surface area contributed by atoms with Crippen LogP contribution in [-0.2, 0) is 26.0 Å². The summed E-state index contributed by atoms with van der Waals surface area (Å²) < 4.78 is 13.3. The first-order chi connectivity index (χ1) is 29.3. The molecule has 1 aliphatic rings. The number of fused-ring (bicyclic) bond motifs is 1. The zero-order valence-electron chi connectivity index (χ0n) is 36.7. The summed E-state index contributed by atoms with van der Waals surface area (Å²) in [7, 11) is -2.18. The molecule has 6 rings (SSSR count). The largest absolute Gasteiger partial charge is 0.487 e. The molecule has 0 radical (unpaired) electrons. The molecule has 1 aromatic heterocycles. The number of aromatic nitrogens is 1. The summed E-state index contributed by atoms with van der Waals surface area (Å²) in [6, 6.07) is 37.2. The van der Waals surface area contributed by atoms with Gasteiger partial charge in [0.25, 0.3) is 0 Å². The second kappa shape index (κ2) is 20.7. The van der Waals surface area contributed by atoms with Gasteiger partial charge in [0.1, 0.15) is 17.8 Å². The summed E-state index contributed by atoms with van der Waals surface area (Å²) in [6.07, 6.45) is 3.82. The van der Waals surface area contributed by atoms with E-state index in [1.807, 2.05) is 103 Å². The van der Waals surface area contributed by atoms with Gasteiger partial charge in [0.2, 0.25) is 17.4 Å². The van der Waals surface area contributed by atoms with E-state index < -0.39 is 13.7 Å². The van der Waals surface area contributed by atoms with E-state index in [2.05, 4.69) is 60.4 Å². The van der Waals surface area contributed by atoms with Gasteiger partial charge in [0.05, 0.1) is 11.6 Å². The van der Waals surface area contributed by atoms with E-state index >= 15 is 0 Å². The van der Waals surface area contributed by atoms with E-state index in [0.717, 1.165) is 66.4 Å². The van der Waals surface area contributed by atoms with Gasteiger partial charge >= 0.3 is 0 Å². The highest BCUT2D eigenvalue weighted by Crippen LogP contribution is 2.44. The average Bonchev–Trinajstić information content (AvgIpc) is 3.72. The van der Waals surface area contributed by atoms with Crippen molar-refractivity contribution in [1.82, 2.24) is 20.5 Å². The lowest BCUT2D eigenvalue weighted by atomic mass is 9.64. The lowest BCUT2D eigenvalue weighted by Gasteiger charge is -2.39. The molecular weight excluding hydrogens is 779 g/mol. The summed E-state index contributed by atoms with van der Waals surface area (Å²) in [5.74, 6) is 0.330. The Kier molecular flexibility index (Phi) is 15.4. The molecule has 5 N–H and O–H groups in total. The number of unbranched alkanes of at least 4 members (excludes halogenated alkanes) is 2. The van der Waals surface area contributed by atoms with Gasteiger partial charge in [-0.2, -0.15) is 0 Å². The molecule has 2 amide bonds. The maximum atomic E-state index is 13.4. The van der Waals surface area contributed by atoms with Crippen LogP contribution < -0.4 is 26.7 Å². The number of amides is 2. The zero-order chi connectivity index (χ0) is 43.5. The van der Waals surface area contributed by atoms with Crippen molar-refractivity contribution in [2.24, 2.45) is 11.7 Å². The Morgan fingerprint density at radius 2 is 1.49 bits per heavy atom. The predicted molar refractivity (Wildman–Crippen MR) is 248 cm³/mol. The second-order valence-corrected chi connectivity index (χ2v) is 22.7. The predicted octanol–water partition coefficient (Wildman–Crippen LogP) is 8.23. The molecule has 0 bridgehead atoms. The van der Waals surface area contributed by atoms with Crippen LogP contribution in [0.15, 0.2) is 120 Å². The Morgan fingerprint density at radius 3 is 2.13 bits per heavy atom. The number of hydrogen-bond donors (Lipinski definition) is 4. The van der Waals surface area contributed by atoms with E-state index in [9.17, 15) is 14.4 Å². The number of rotatable bonds is 21. The summed E-state index contributed by atoms with van der Waals surface area (Å²) in [5, 5.41) is 7.70. The van der Waals surface area contributed by atoms with Crippen molar-refractivity contribution in [2.45, 2.75) is 89.1 Å². The molecule has 4 aromatic carbocycles. The van der Waals surface area contributed by atoms with Crippen LogP contribution in [0.25, 0.3) is 10.9 Å². The number of likely N-dealkylation sites (tertiary alicyclic amines) is 1. The Labute approximate surface area is 362 Å². The first-order valence-electron chi connectivity index (χ1n) is 21.9. The van der Waals surface area contributed by atoms with Crippen molar-refractivity contribution >= 4 is 31.0 Å². The van der Waals surface area contributed by atoms with Gasteiger partial charge in [0.15, 0.2) is 8.32 Å². The van der Waals surface area contributed by atoms with Crippen molar-refractivity contribution in [3.8, 4) is 5.75 Å². The molecule has 0 unspecified atom stereocenters. The number of nitrogens with two attached hydrogens (primary N) is 1. The number of ether oxygens (including phenoxy) is 1. The quantitative estimate of drug-likeness (QED) is 0.0432. The summed E-state index contributed by atoms with van der Waals surface area (Å²) >= 11 is 0. The van der Waals surface area contributed by atoms with Crippen LogP contribution in [0, 0.1) is 5.92 Å². The number of hydrogen-bond acceptors (Lipinski definition) is 7. The summed E-state index contributed by atoms with van der Waals surface area (Å²) in [5.41, 5.74) is 9.72. The Bertz CT molecular complexity index is 2200. The molecular formula is C50H65N5O5Si. The number of carbonyl (C=O) groups excluding carboxylic acids is 2. The van der Waals surface area contributed by atoms with Crippen molar-refractivity contribution < 1.29 is 18.8 Å². The number of pyridine rings is 1. The minimum atomic E-state index is -2.18. The summed E-state index contributed by atoms with van der Waals surface area (Å²) in [4.78, 5) is 44.2. The number of carbonyl (C=O) groups is 2. The van der Waals surface area contributed by atoms with Crippen molar-refractivity contribution in [3.05, 3.63) is 148 Å². The second-order valence-electron chi connectivity index (χ2n) is 18.0. The van der Waals surface area contributed by atoms with E-state index in [-0.39, 0.29) is 34.4 Å². The smallest absolute Gasteiger partial charge is 0.248 e. The molecule has 0 spiro atoms. The third-order valence-corrected chi connectivity index (χ3v) is 17.3. The first kappa shape index (κ1) is 45.5. The van der Waals surface area contributed by atoms with Gasteiger partial charge in [-0.3, -0.25) is 14.4 Å². The average molecular weight is 844 g/mol. The van der Waals surface area contributed by atoms with Crippen LogP contribution in [0.1, 0.15) is 81.2 Å². The van der Waals surface area contributed by atoms with Crippen LogP contribution in [0.5, 0.6) is 5.75 Å². The molecule has 10 nitrogen and oxygen atoms in total. The molecule has 0 aliphatic carbocycles. The lowest BCUT2D eigenvalue weighted by Crippen LogP contribution is -2.49. The van der Waals surface area contributed by atoms with E-state index in [1.54, 1.807) is 6.07 Å². The van der Waals surface area contributed by atoms with Gasteiger partial charge < -0.3 is 35.4 Å². The highest BCUT2D eigenvalue weighted by atomic mass is 28.4. The van der Waals surface area contributed by atoms with Gasteiger partial charge in [-0.1, -0.05) is 124 Å². The van der Waals surface area contributed by atoms with Crippen LogP contribution >= 0.6 is 0 Å². The number of H-pyrrole nitrogens is 1. The number of nitrogens with one attached hydrogen (secondary N) is 3. The maximum absolute atomic E-state index is 13.4. The minimum Gasteiger partial charge on any atom is -0.487 e. The monoisotopic (exact) mass is 843 g/mol. The Balaban J connectivity index is 0.977. The van der Waals surface area contributed by atoms with Crippen LogP contribution in [0.2, 0.25) is 18.1 Å². The number of benzene rings is 4. The van der Waals surface area contributed by atoms with Crippen LogP contribution in [-0.4, -0.2) is 69.3 Å². The first-order valence-corrected chi connectivity index (χ1v) is 24.8. The molecule has 1 saturated heterocycles. The summed E-state index contributed by atoms with van der Waals surface area (Å²) in [6.45, 7) is 15.9. The normalized spacial score (nSPS) is 15.5. The van der Waals surface area contributed by atoms with Gasteiger partial charge in [0, 0.05) is 44.1 Å². The molecule has 2 atom stereocenters. The third-order valence-electron chi connectivity index (χ3n) is 12.8. The topological polar surface area (TPSA) is 139 Å². The van der Waals surface area contributed by atoms with Crippen molar-refractivity contribution in [2.75, 3.05) is 39.3 Å². The fraction of sp³-hybridized carbons (Fsp3) is 0.420. The fourth-order valence-electron chi connectivity index (χ4n) is 8.41. The molecule has 5 aromatic rings. The van der Waals surface area contributed by atoms with Crippen LogP contribution in [0.4, 0.5) is 0 Å². The zero-order valence-corrected chi connectivity index (χ0v) is 37.7. The molecule has 61 heavy (non-hydrogen) atoms. The highest BCUT2D eigenvalue weighted by Gasteiger charge is 2.49. The molecule has 324 valence electrons. The molecule has 11 heteroatoms. The van der Waals surface area contributed by atoms with Gasteiger partial charge in [-0.05, 0) is 90.8 Å². The standard InChI is InChI=1S/C50H65N5O5Si/c1-49(2,3)61(4,5)60-44(41-24-26-43(47-42(41)25-27-46(57)54-47)59-36-37-18-10-6-11-19-37)34-52-30-16-9-17-31-53-45(56)29-33-55-32-28-40(35-55)50(48(51)58,38-20-12-7-13-21-38)39-22-14-8-15-23-39/h6-8,10-15,18-27,40,44,52H,9,16-17,28-36H2,1-5H3,(H2,51,58)(H,53,56)(H,54,57)/t40-,44-/m1/s1. The molecule has 1 fully saturated rings. The van der Waals surface area contributed by atoms with Crippen molar-refractivity contribution in [3.63, 3.8) is 0 Å². The number of nitrogens with zero attached hydrogens (tertiary/aromatic N) is 1. The van der Waals surface area contributed by atoms with E-state index in [1.165, 1.54) is 0 Å². The highest BCUT2D eigenvalue weighted by molar-refractivity contribution is 6.74. The number of aromatic amines is 1. The Hall–Kier alpha value is -5.07. The minimum absolute atomic E-state index is 0.00412. The Morgan fingerprint density at radius 1 is 0.852 bits per heavy atom. The van der Waals surface area contributed by atoms with E-state index in [4.69, 9.17) is 14.9 Å². The maximum Gasteiger partial charge on any atom is 0.248 e. The third kappa shape index (κ3) is 11.3. The molecule has 2 heterocycles. The van der Waals surface area contributed by atoms with Gasteiger partial charge in [-0.25, -0.2) is 0 Å². The fourth-order valence-corrected chi connectivity index (χ4v) is 9.68. The SMILES string of the molecule is CC(C)(C)[Si](C)(C)O[C@H](CNCCCCCNC(=O)CCN1CC[C@@H](C(C(N)=O)(c2ccccc2)c2ccccc2)C1)c1ccc(OCc2ccccc2)c2[nH]c(=O)ccc12. The van der Waals surface area contributed by atoms with E-state index in [0.29, 0.717) is 50.5 Å². The van der Waals surface area contributed by atoms with Crippen LogP contribution in [0.3, 0.4) is 0 Å². The number of primary amides is 1. The van der Waals surface area contributed by atoms with Crippen molar-refractivity contribution in [1.29, 1.82) is 0 Å². The molecule has 0 saturated carbocycles. The van der Waals surface area contributed by atoms with Gasteiger partial charge in [-0.15, -0.1) is 0 Å². The molecule has 1 aliphatic heterocycles. The lowest BCUT2D eigenvalue weighted by molar-refractivity contribution is -0.124.